The summed E-state index contributed by atoms with van der Waals surface area (Å²) in [6.07, 6.45) is 23.0. The third-order valence-electron chi connectivity index (χ3n) is 25.2. The molecule has 5 fully saturated rings. The molecule has 9 atom stereocenters. The van der Waals surface area contributed by atoms with Gasteiger partial charge in [0.2, 0.25) is 40.1 Å². The number of halogens is 2. The number of aromatic amines is 4. The maximum atomic E-state index is 13.6. The molecule has 644 valence electrons. The van der Waals surface area contributed by atoms with Crippen LogP contribution < -0.4 is 0 Å². The van der Waals surface area contributed by atoms with Crippen LogP contribution in [-0.2, 0) is 72.7 Å². The molecule has 6 unspecified atom stereocenters. The summed E-state index contributed by atoms with van der Waals surface area (Å²) in [7, 11) is -14.1. The monoisotopic (exact) mass is 1760 g/mol. The maximum absolute atomic E-state index is 13.6. The minimum absolute atomic E-state index is 0.00630. The Hall–Kier alpha value is -12.0. The lowest BCUT2D eigenvalue weighted by atomic mass is 9.89. The Kier molecular flexibility index (Phi) is 23.7. The summed E-state index contributed by atoms with van der Waals surface area (Å²) in [4.78, 5) is 0.504. The van der Waals surface area contributed by atoms with Crippen molar-refractivity contribution in [3.8, 4) is 44.9 Å². The lowest BCUT2D eigenvalue weighted by Crippen LogP contribution is -2.39. The van der Waals surface area contributed by atoms with E-state index in [1.54, 1.807) is 51.5 Å². The summed E-state index contributed by atoms with van der Waals surface area (Å²) in [5.41, 5.74) is 13.2. The molecule has 125 heavy (non-hydrogen) atoms. The van der Waals surface area contributed by atoms with Crippen molar-refractivity contribution in [2.75, 3.05) is 25.4 Å². The molecule has 21 rings (SSSR count). The Bertz CT molecular complexity index is 6940. The highest BCUT2D eigenvalue weighted by atomic mass is 32.2. The average molecular weight is 1760 g/mol. The Labute approximate surface area is 723 Å². The highest BCUT2D eigenvalue weighted by molar-refractivity contribution is 7.90. The largest absolute Gasteiger partial charge is 0.347 e. The molecule has 0 amide bonds. The molecule has 0 radical (unpaired) electrons. The first-order valence-electron chi connectivity index (χ1n) is 42.0. The summed E-state index contributed by atoms with van der Waals surface area (Å²) in [6.45, 7) is 10.3. The summed E-state index contributed by atoms with van der Waals surface area (Å²) < 4.78 is 147. The van der Waals surface area contributed by atoms with Gasteiger partial charge in [0.15, 0.2) is 0 Å². The van der Waals surface area contributed by atoms with Gasteiger partial charge in [-0.3, -0.25) is 5.10 Å². The van der Waals surface area contributed by atoms with Crippen LogP contribution in [-0.4, -0.2) is 181 Å². The highest BCUT2D eigenvalue weighted by Crippen LogP contribution is 2.46. The van der Waals surface area contributed by atoms with Gasteiger partial charge in [0.05, 0.1) is 45.2 Å². The number of aromatic nitrogens is 15. The minimum atomic E-state index is -3.73. The van der Waals surface area contributed by atoms with Crippen LogP contribution in [0.1, 0.15) is 64.9 Å². The zero-order valence-corrected chi connectivity index (χ0v) is 72.3. The van der Waals surface area contributed by atoms with Gasteiger partial charge in [-0.05, 0) is 228 Å². The van der Waals surface area contributed by atoms with Gasteiger partial charge < -0.3 is 18.3 Å². The van der Waals surface area contributed by atoms with Crippen molar-refractivity contribution in [2.45, 2.75) is 137 Å². The number of hydrogen-bond donors (Lipinski definition) is 4. The number of sulfonamides is 4. The van der Waals surface area contributed by atoms with Crippen molar-refractivity contribution in [1.82, 2.24) is 91.9 Å². The standard InChI is InChI=1S/C26H28N4O2S.2C22H22FN5O2S.C22H23N5O2S/c31-33(32,13-11-19-4-2-1-3-5-19)30-24-7-9-26(30)22(15-24)18-29-12-10-21-14-20(6-8-25(21)29)23-16-27-28-17-23;1-15-10-16(14-28(15)31(29,30)20-5-3-19(23)4-6-20)13-27-9-8-18-11-17(2-7-22(18)27)21-12-24-26-25-21;1-15-9-16(14-28(15)31(29,30)20-4-2-3-19(23)11-20)13-27-8-7-18-10-17(5-6-22(18)27)21-12-24-26-25-21;1-16-11-17(15-27(16)30(28,29)20-5-3-2-4-6-20)14-26-10-9-19-12-18(7-8-22(19)26)21-13-23-25-24-21/h1-6,8,10,12,14,16-17,22,24,26H,7,9,11,13,15,18H2,(H,27,28);2-9,11-12,15-16H,10,13-14H2,1H3,(H,24,25,26);2-8,10-12,15-16H,9,13-14H2,1H3,(H,24,25,26);2-10,12-13,16-17H,11,14-15H2,1H3,(H,23,24,25)/t;2*15-,16?;16-,17?/m.111/s1. The predicted molar refractivity (Wildman–Crippen MR) is 476 cm³/mol. The molecule has 8 aromatic heterocycles. The van der Waals surface area contributed by atoms with Crippen molar-refractivity contribution in [2.24, 2.45) is 23.7 Å². The Balaban J connectivity index is 0.000000113. The first-order chi connectivity index (χ1) is 60.4. The van der Waals surface area contributed by atoms with E-state index >= 15 is 0 Å². The summed E-state index contributed by atoms with van der Waals surface area (Å²) >= 11 is 0. The fraction of sp³-hybridized carbons (Fsp3) is 0.293. The lowest BCUT2D eigenvalue weighted by Gasteiger charge is -2.24. The van der Waals surface area contributed by atoms with Crippen LogP contribution in [0.15, 0.2) is 277 Å². The van der Waals surface area contributed by atoms with Gasteiger partial charge in [0.1, 0.15) is 28.7 Å². The van der Waals surface area contributed by atoms with Crippen molar-refractivity contribution < 1.29 is 42.5 Å². The van der Waals surface area contributed by atoms with E-state index in [2.05, 4.69) is 166 Å². The molecule has 0 spiro atoms. The molecule has 16 aromatic rings. The zero-order valence-electron chi connectivity index (χ0n) is 69.0. The van der Waals surface area contributed by atoms with E-state index in [1.165, 1.54) is 57.7 Å². The maximum Gasteiger partial charge on any atom is 0.243 e. The van der Waals surface area contributed by atoms with Crippen LogP contribution in [0.2, 0.25) is 0 Å². The van der Waals surface area contributed by atoms with E-state index in [0.717, 1.165) is 147 Å². The molecular weight excluding hydrogens is 1670 g/mol. The number of aryl methyl sites for hydroxylation is 1. The zero-order chi connectivity index (χ0) is 86.3. The first-order valence-corrected chi connectivity index (χ1v) is 48.0. The summed E-state index contributed by atoms with van der Waals surface area (Å²) in [5, 5.41) is 43.3. The topological polar surface area (TPSA) is 323 Å². The third kappa shape index (κ3) is 17.7. The molecule has 27 nitrogen and oxygen atoms in total. The minimum Gasteiger partial charge on any atom is -0.347 e. The second kappa shape index (κ2) is 35.2. The van der Waals surface area contributed by atoms with Crippen LogP contribution in [0.25, 0.3) is 88.5 Å². The first kappa shape index (κ1) is 83.9. The molecule has 13 heterocycles. The van der Waals surface area contributed by atoms with Gasteiger partial charge in [-0.2, -0.15) is 68.6 Å². The fourth-order valence-corrected chi connectivity index (χ4v) is 26.5. The highest BCUT2D eigenvalue weighted by Gasteiger charge is 2.51. The normalized spacial score (nSPS) is 20.8. The lowest BCUT2D eigenvalue weighted by molar-refractivity contribution is 0.329. The number of benzene rings is 8. The van der Waals surface area contributed by atoms with Crippen LogP contribution in [0.3, 0.4) is 0 Å². The molecule has 4 N–H and O–H groups in total. The predicted octanol–water partition coefficient (Wildman–Crippen LogP) is 15.3. The van der Waals surface area contributed by atoms with Crippen LogP contribution in [0.5, 0.6) is 0 Å². The van der Waals surface area contributed by atoms with Crippen molar-refractivity contribution in [3.63, 3.8) is 0 Å². The summed E-state index contributed by atoms with van der Waals surface area (Å²) in [5.74, 6) is 0.189. The van der Waals surface area contributed by atoms with Crippen LogP contribution in [0.4, 0.5) is 8.78 Å². The van der Waals surface area contributed by atoms with Gasteiger partial charge in [0, 0.05) is 173 Å². The number of fused-ring (bicyclic) bond motifs is 6. The average Bonchev–Trinajstić information content (AvgIpc) is 1.59. The van der Waals surface area contributed by atoms with Crippen molar-refractivity contribution in [1.29, 1.82) is 0 Å². The van der Waals surface area contributed by atoms with Crippen LogP contribution in [0, 0.1) is 35.3 Å². The van der Waals surface area contributed by atoms with Crippen molar-refractivity contribution in [3.05, 3.63) is 279 Å². The Morgan fingerprint density at radius 1 is 0.384 bits per heavy atom. The number of H-pyrrole nitrogens is 4. The molecule has 0 saturated carbocycles. The van der Waals surface area contributed by atoms with Gasteiger partial charge in [-0.15, -0.1) is 0 Å². The van der Waals surface area contributed by atoms with Gasteiger partial charge in [-0.25, -0.2) is 42.5 Å². The molecular formula is C92H95F2N19O8S4. The van der Waals surface area contributed by atoms with Crippen LogP contribution >= 0.6 is 0 Å². The molecule has 0 aliphatic carbocycles. The quantitative estimate of drug-likeness (QED) is 0.0490. The second-order valence-corrected chi connectivity index (χ2v) is 41.2. The number of nitrogens with one attached hydrogen (secondary N) is 4. The number of rotatable bonds is 22. The number of nitrogens with zero attached hydrogens (tertiary/aromatic N) is 15. The van der Waals surface area contributed by atoms with Crippen molar-refractivity contribution >= 4 is 83.7 Å². The smallest absolute Gasteiger partial charge is 0.243 e. The van der Waals surface area contributed by atoms with E-state index < -0.39 is 51.7 Å². The van der Waals surface area contributed by atoms with Gasteiger partial charge in [0.25, 0.3) is 0 Å². The molecule has 5 saturated heterocycles. The van der Waals surface area contributed by atoms with E-state index in [0.29, 0.717) is 43.4 Å². The molecule has 2 bridgehead atoms. The fourth-order valence-electron chi connectivity index (χ4n) is 19.3. The second-order valence-electron chi connectivity index (χ2n) is 33.5. The summed E-state index contributed by atoms with van der Waals surface area (Å²) in [6, 6.07) is 62.3. The molecule has 33 heteroatoms. The van der Waals surface area contributed by atoms with E-state index in [4.69, 9.17) is 0 Å². The molecule has 5 aliphatic rings. The SMILES string of the molecule is C[C@@H]1CC(Cn2ccc3cc(-c4cn[nH]n4)ccc32)CN1S(=O)(=O)c1ccc(F)cc1.C[C@@H]1CC(Cn2ccc3cc(-c4cn[nH]n4)ccc32)CN1S(=O)(=O)c1cccc(F)c1.C[C@@H]1CC(Cn2ccc3cc(-c4cn[nH]n4)ccc32)CN1S(=O)(=O)c1ccccc1.O=S(=O)(CCc1ccccc1)N1C2CCC1C(Cn1ccc3cc(-c4cn[nH]c4)ccc31)C2. The van der Waals surface area contributed by atoms with E-state index in [9.17, 15) is 42.5 Å². The Morgan fingerprint density at radius 3 is 1.23 bits per heavy atom. The molecule has 8 aromatic carbocycles. The van der Waals surface area contributed by atoms with Gasteiger partial charge in [-0.1, -0.05) is 78.9 Å². The van der Waals surface area contributed by atoms with E-state index in [-0.39, 0.29) is 63.5 Å². The third-order valence-corrected chi connectivity index (χ3v) is 33.1. The van der Waals surface area contributed by atoms with E-state index in [1.807, 2.05) is 104 Å². The van der Waals surface area contributed by atoms with Gasteiger partial charge >= 0.3 is 0 Å². The Morgan fingerprint density at radius 2 is 0.800 bits per heavy atom. The molecule has 5 aliphatic heterocycles. The number of hydrogen-bond acceptors (Lipinski definition) is 15.